The maximum atomic E-state index is 12.8. The van der Waals surface area contributed by atoms with E-state index in [1.807, 2.05) is 24.3 Å². The minimum Gasteiger partial charge on any atom is -0.308 e. The lowest BCUT2D eigenvalue weighted by molar-refractivity contribution is -0.754. The summed E-state index contributed by atoms with van der Waals surface area (Å²) in [6.07, 6.45) is 1.83. The van der Waals surface area contributed by atoms with Gasteiger partial charge in [-0.25, -0.2) is 14.8 Å². The molecule has 2 aromatic heterocycles. The first-order chi connectivity index (χ1) is 15.4. The number of rotatable bonds is 5. The van der Waals surface area contributed by atoms with Gasteiger partial charge < -0.3 is 5.32 Å². The van der Waals surface area contributed by atoms with Crippen LogP contribution in [0, 0.1) is 0 Å². The van der Waals surface area contributed by atoms with Gasteiger partial charge in [0.1, 0.15) is 6.33 Å². The normalized spacial score (nSPS) is 11.2. The molecule has 11 heteroatoms. The first-order valence-corrected chi connectivity index (χ1v) is 9.33. The number of aromatic nitrogens is 4. The van der Waals surface area contributed by atoms with Crippen LogP contribution in [0.25, 0.3) is 11.1 Å². The molecule has 0 aliphatic carbocycles. The highest BCUT2D eigenvalue weighted by Crippen LogP contribution is 2.30. The Morgan fingerprint density at radius 1 is 1.00 bits per heavy atom. The van der Waals surface area contributed by atoms with Gasteiger partial charge in [0.2, 0.25) is 11.8 Å². The summed E-state index contributed by atoms with van der Waals surface area (Å²) in [5.41, 5.74) is 1.85. The molecule has 2 aromatic carbocycles. The molecule has 32 heavy (non-hydrogen) atoms. The number of alkyl halides is 3. The number of benzene rings is 2. The molecule has 0 radical (unpaired) electrons. The molecule has 0 saturated heterocycles. The maximum Gasteiger partial charge on any atom is 0.416 e. The molecule has 0 aliphatic rings. The van der Waals surface area contributed by atoms with Gasteiger partial charge in [-0.3, -0.25) is 9.84 Å². The molecule has 162 valence electrons. The molecule has 0 bridgehead atoms. The van der Waals surface area contributed by atoms with Crippen molar-refractivity contribution in [1.29, 1.82) is 0 Å². The number of urea groups is 1. The van der Waals surface area contributed by atoms with Crippen LogP contribution >= 0.6 is 0 Å². The average Bonchev–Trinajstić information content (AvgIpc) is 3.20. The highest BCUT2D eigenvalue weighted by atomic mass is 19.4. The fourth-order valence-corrected chi connectivity index (χ4v) is 2.94. The zero-order chi connectivity index (χ0) is 22.6. The number of hydrogen-bond acceptors (Lipinski definition) is 5. The highest BCUT2D eigenvalue weighted by Gasteiger charge is 2.30. The molecule has 0 spiro atoms. The van der Waals surface area contributed by atoms with Crippen molar-refractivity contribution in [3.8, 4) is 11.1 Å². The Labute approximate surface area is 179 Å². The van der Waals surface area contributed by atoms with Crippen LogP contribution in [0.1, 0.15) is 11.1 Å². The van der Waals surface area contributed by atoms with Crippen molar-refractivity contribution in [2.24, 2.45) is 0 Å². The van der Waals surface area contributed by atoms with Crippen molar-refractivity contribution in [2.45, 2.75) is 12.7 Å². The second kappa shape index (κ2) is 8.84. The number of nitrogens with one attached hydrogen (secondary N) is 2. The third kappa shape index (κ3) is 5.25. The summed E-state index contributed by atoms with van der Waals surface area (Å²) >= 11 is 0. The van der Waals surface area contributed by atoms with Gasteiger partial charge in [0, 0.05) is 29.2 Å². The van der Waals surface area contributed by atoms with E-state index in [-0.39, 0.29) is 11.6 Å². The fourth-order valence-electron chi connectivity index (χ4n) is 2.94. The number of nitrogens with zero attached hydrogens (tertiary/aromatic N) is 4. The van der Waals surface area contributed by atoms with E-state index in [2.05, 4.69) is 25.9 Å². The summed E-state index contributed by atoms with van der Waals surface area (Å²) in [7, 11) is 0. The van der Waals surface area contributed by atoms with Gasteiger partial charge in [-0.05, 0) is 34.5 Å². The average molecular weight is 441 g/mol. The molecular formula is C21H16F3N6O2+. The Hall–Kier alpha value is -4.28. The number of amides is 2. The molecular weight excluding hydrogens is 425 g/mol. The minimum atomic E-state index is -4.50. The first kappa shape index (κ1) is 21.0. The second-order valence-corrected chi connectivity index (χ2v) is 6.75. The Kier molecular flexibility index (Phi) is 5.79. The minimum absolute atomic E-state index is 0.00794. The van der Waals surface area contributed by atoms with Crippen LogP contribution in [-0.2, 0) is 12.7 Å². The highest BCUT2D eigenvalue weighted by molar-refractivity contribution is 5.98. The fraction of sp³-hybridized carbons (Fsp3) is 0.0952. The summed E-state index contributed by atoms with van der Waals surface area (Å²) < 4.78 is 44.9. The molecule has 2 N–H and O–H groups in total. The quantitative estimate of drug-likeness (QED) is 0.454. The van der Waals surface area contributed by atoms with E-state index >= 15 is 0 Å². The van der Waals surface area contributed by atoms with E-state index in [0.717, 1.165) is 28.8 Å². The summed E-state index contributed by atoms with van der Waals surface area (Å²) in [5.74, 6) is 0.0297. The van der Waals surface area contributed by atoms with Crippen LogP contribution in [-0.4, -0.2) is 21.3 Å². The zero-order valence-corrected chi connectivity index (χ0v) is 16.4. The van der Waals surface area contributed by atoms with Gasteiger partial charge in [0.05, 0.1) is 5.56 Å². The van der Waals surface area contributed by atoms with Crippen LogP contribution in [0.2, 0.25) is 0 Å². The number of halogens is 3. The van der Waals surface area contributed by atoms with E-state index in [4.69, 9.17) is 4.52 Å². The Balaban J connectivity index is 1.39. The van der Waals surface area contributed by atoms with Gasteiger partial charge in [-0.2, -0.15) is 13.2 Å². The van der Waals surface area contributed by atoms with E-state index in [9.17, 15) is 18.0 Å². The molecule has 4 aromatic rings. The molecule has 8 nitrogen and oxygen atoms in total. The molecule has 0 aliphatic heterocycles. The largest absolute Gasteiger partial charge is 0.416 e. The molecule has 4 rings (SSSR count). The number of hydrogen-bond donors (Lipinski definition) is 2. The third-order valence-corrected chi connectivity index (χ3v) is 4.36. The van der Waals surface area contributed by atoms with Crippen LogP contribution in [0.3, 0.4) is 0 Å². The molecule has 0 fully saturated rings. The van der Waals surface area contributed by atoms with E-state index in [0.29, 0.717) is 6.54 Å². The van der Waals surface area contributed by atoms with Crippen LogP contribution in [0.5, 0.6) is 0 Å². The summed E-state index contributed by atoms with van der Waals surface area (Å²) in [6.45, 7) is 0.363. The van der Waals surface area contributed by atoms with Crippen LogP contribution in [0.4, 0.5) is 29.5 Å². The monoisotopic (exact) mass is 441 g/mol. The predicted molar refractivity (Wildman–Crippen MR) is 107 cm³/mol. The van der Waals surface area contributed by atoms with E-state index in [1.54, 1.807) is 12.4 Å². The number of carbonyl (C=O) groups is 1. The van der Waals surface area contributed by atoms with Gasteiger partial charge in [-0.1, -0.05) is 24.3 Å². The van der Waals surface area contributed by atoms with Crippen molar-refractivity contribution >= 4 is 17.6 Å². The number of anilines is 2. The van der Waals surface area contributed by atoms with E-state index in [1.165, 1.54) is 29.3 Å². The Morgan fingerprint density at radius 3 is 2.56 bits per heavy atom. The molecule has 2 heterocycles. The predicted octanol–water partition coefficient (Wildman–Crippen LogP) is 4.13. The van der Waals surface area contributed by atoms with Gasteiger partial charge in [-0.15, -0.1) is 0 Å². The van der Waals surface area contributed by atoms with Crippen molar-refractivity contribution in [3.05, 3.63) is 84.6 Å². The Bertz CT molecular complexity index is 1230. The lowest BCUT2D eigenvalue weighted by atomic mass is 10.1. The van der Waals surface area contributed by atoms with Crippen LogP contribution < -0.4 is 15.3 Å². The first-order valence-electron chi connectivity index (χ1n) is 9.33. The molecule has 0 saturated carbocycles. The van der Waals surface area contributed by atoms with Gasteiger partial charge in [0.15, 0.2) is 0 Å². The molecule has 0 unspecified atom stereocenters. The maximum absolute atomic E-state index is 12.8. The zero-order valence-electron chi connectivity index (χ0n) is 16.4. The van der Waals surface area contributed by atoms with Crippen molar-refractivity contribution in [1.82, 2.24) is 15.2 Å². The summed E-state index contributed by atoms with van der Waals surface area (Å²) in [6, 6.07) is 11.2. The molecule has 0 atom stereocenters. The van der Waals surface area contributed by atoms with E-state index < -0.39 is 17.8 Å². The van der Waals surface area contributed by atoms with Crippen molar-refractivity contribution < 1.29 is 27.2 Å². The lowest BCUT2D eigenvalue weighted by Gasteiger charge is -2.09. The van der Waals surface area contributed by atoms with Gasteiger partial charge in [0.25, 0.3) is 6.20 Å². The standard InChI is InChI=1S/C21H15F3N6O2/c22-21(23,24)17-5-2-6-18(8-17)27-20(31)28-19-12-30(29-32-19)11-14-3-1-4-15(7-14)16-9-25-13-26-10-16/h1-10,12-13H,11H2,(H-,27,28,29,31)/p+1. The topological polar surface area (TPSA) is 96.8 Å². The van der Waals surface area contributed by atoms with Gasteiger partial charge >= 0.3 is 18.1 Å². The Morgan fingerprint density at radius 2 is 1.78 bits per heavy atom. The lowest BCUT2D eigenvalue weighted by Crippen LogP contribution is -2.35. The second-order valence-electron chi connectivity index (χ2n) is 6.75. The smallest absolute Gasteiger partial charge is 0.308 e. The molecule has 2 amide bonds. The van der Waals surface area contributed by atoms with Crippen molar-refractivity contribution in [3.63, 3.8) is 0 Å². The number of carbonyl (C=O) groups excluding carboxylic acids is 1. The van der Waals surface area contributed by atoms with Crippen molar-refractivity contribution in [2.75, 3.05) is 10.6 Å². The van der Waals surface area contributed by atoms with Crippen LogP contribution in [0.15, 0.2) is 78.0 Å². The summed E-state index contributed by atoms with van der Waals surface area (Å²) in [4.78, 5) is 20.1. The third-order valence-electron chi connectivity index (χ3n) is 4.36. The SMILES string of the molecule is O=C(Nc1cccc(C(F)(F)F)c1)Nc1c[n+](Cc2cccc(-c3cncnc3)c2)no1. The summed E-state index contributed by atoms with van der Waals surface area (Å²) in [5, 5.41) is 8.57.